The molecule has 0 spiro atoms. The Kier molecular flexibility index (Phi) is 4.48. The molecule has 5 heteroatoms. The zero-order chi connectivity index (χ0) is 12.1. The van der Waals surface area contributed by atoms with Gasteiger partial charge in [-0.3, -0.25) is 10.7 Å². The van der Waals surface area contributed by atoms with Crippen LogP contribution in [0.15, 0.2) is 52.5 Å². The highest BCUT2D eigenvalue weighted by Gasteiger charge is 2.16. The summed E-state index contributed by atoms with van der Waals surface area (Å²) in [6.45, 7) is 0.663. The predicted octanol–water partition coefficient (Wildman–Crippen LogP) is 2.49. The lowest BCUT2D eigenvalue weighted by Gasteiger charge is -2.27. The van der Waals surface area contributed by atoms with Gasteiger partial charge in [-0.15, -0.1) is 23.4 Å². The summed E-state index contributed by atoms with van der Waals surface area (Å²) in [7, 11) is 0. The van der Waals surface area contributed by atoms with Gasteiger partial charge in [0.25, 0.3) is 0 Å². The van der Waals surface area contributed by atoms with Gasteiger partial charge in [-0.2, -0.15) is 0 Å². The van der Waals surface area contributed by atoms with Crippen molar-refractivity contribution in [3.8, 4) is 0 Å². The van der Waals surface area contributed by atoms with Gasteiger partial charge in [-0.05, 0) is 18.2 Å². The number of rotatable bonds is 4. The van der Waals surface area contributed by atoms with E-state index in [1.807, 2.05) is 47.5 Å². The monoisotopic (exact) mass is 267 g/mol. The van der Waals surface area contributed by atoms with Crippen molar-refractivity contribution in [1.82, 2.24) is 4.90 Å². The standard InChI is InChI=1S/C12H14ClN3S/c13-11(17-10-5-2-1-3-6-10)9-16-8-4-7-15-12(16)14/h1-8,11-12H,9,14H2. The van der Waals surface area contributed by atoms with Crippen LogP contribution in [-0.4, -0.2) is 28.7 Å². The first-order valence-electron chi connectivity index (χ1n) is 5.33. The summed E-state index contributed by atoms with van der Waals surface area (Å²) in [6, 6.07) is 10.1. The summed E-state index contributed by atoms with van der Waals surface area (Å²) in [6.07, 6.45) is 5.16. The molecular formula is C12H14ClN3S. The predicted molar refractivity (Wildman–Crippen MR) is 74.3 cm³/mol. The van der Waals surface area contributed by atoms with E-state index in [9.17, 15) is 0 Å². The summed E-state index contributed by atoms with van der Waals surface area (Å²) in [4.78, 5) is 7.18. The summed E-state index contributed by atoms with van der Waals surface area (Å²) in [5.41, 5.74) is 5.83. The van der Waals surface area contributed by atoms with Crippen molar-refractivity contribution in [1.29, 1.82) is 0 Å². The van der Waals surface area contributed by atoms with Crippen molar-refractivity contribution in [3.05, 3.63) is 42.6 Å². The fourth-order valence-electron chi connectivity index (χ4n) is 1.48. The number of nitrogens with two attached hydrogens (primary N) is 1. The second-order valence-corrected chi connectivity index (χ2v) is 5.65. The van der Waals surface area contributed by atoms with Crippen molar-refractivity contribution in [3.63, 3.8) is 0 Å². The van der Waals surface area contributed by atoms with Gasteiger partial charge in [0.15, 0.2) is 6.29 Å². The number of benzene rings is 1. The lowest BCUT2D eigenvalue weighted by atomic mass is 10.4. The van der Waals surface area contributed by atoms with Crippen LogP contribution in [0.25, 0.3) is 0 Å². The molecule has 2 atom stereocenters. The quantitative estimate of drug-likeness (QED) is 0.673. The van der Waals surface area contributed by atoms with E-state index in [0.29, 0.717) is 6.54 Å². The van der Waals surface area contributed by atoms with E-state index in [1.54, 1.807) is 18.0 Å². The van der Waals surface area contributed by atoms with Crippen molar-refractivity contribution in [2.75, 3.05) is 6.54 Å². The van der Waals surface area contributed by atoms with Crippen LogP contribution in [0.1, 0.15) is 0 Å². The first-order chi connectivity index (χ1) is 8.25. The molecule has 1 aromatic carbocycles. The highest BCUT2D eigenvalue weighted by Crippen LogP contribution is 2.26. The highest BCUT2D eigenvalue weighted by molar-refractivity contribution is 8.01. The molecule has 2 rings (SSSR count). The Morgan fingerprint density at radius 1 is 1.41 bits per heavy atom. The van der Waals surface area contributed by atoms with Gasteiger partial charge in [-0.1, -0.05) is 18.2 Å². The van der Waals surface area contributed by atoms with Crippen molar-refractivity contribution in [2.45, 2.75) is 15.9 Å². The number of alkyl halides is 1. The van der Waals surface area contributed by atoms with Gasteiger partial charge < -0.3 is 4.90 Å². The molecule has 0 aromatic heterocycles. The summed E-state index contributed by atoms with van der Waals surface area (Å²) in [5, 5.41) is 0. The molecular weight excluding hydrogens is 254 g/mol. The van der Waals surface area contributed by atoms with Gasteiger partial charge in [0.05, 0.1) is 0 Å². The van der Waals surface area contributed by atoms with E-state index in [2.05, 4.69) is 4.99 Å². The number of allylic oxidation sites excluding steroid dienone is 1. The molecule has 1 heterocycles. The van der Waals surface area contributed by atoms with E-state index in [0.717, 1.165) is 4.90 Å². The van der Waals surface area contributed by atoms with Crippen LogP contribution in [0.3, 0.4) is 0 Å². The van der Waals surface area contributed by atoms with Gasteiger partial charge in [0.2, 0.25) is 0 Å². The molecule has 1 aliphatic heterocycles. The maximum atomic E-state index is 6.29. The van der Waals surface area contributed by atoms with E-state index in [4.69, 9.17) is 17.3 Å². The Morgan fingerprint density at radius 3 is 2.88 bits per heavy atom. The third kappa shape index (κ3) is 3.77. The SMILES string of the molecule is NC1N=CC=CN1CC(Cl)Sc1ccccc1. The molecule has 0 radical (unpaired) electrons. The van der Waals surface area contributed by atoms with Crippen LogP contribution < -0.4 is 5.73 Å². The smallest absolute Gasteiger partial charge is 0.173 e. The van der Waals surface area contributed by atoms with E-state index >= 15 is 0 Å². The highest BCUT2D eigenvalue weighted by atomic mass is 35.5. The zero-order valence-electron chi connectivity index (χ0n) is 9.24. The molecule has 90 valence electrons. The minimum Gasteiger partial charge on any atom is -0.342 e. The van der Waals surface area contributed by atoms with E-state index < -0.39 is 0 Å². The van der Waals surface area contributed by atoms with E-state index in [-0.39, 0.29) is 11.0 Å². The van der Waals surface area contributed by atoms with Crippen LogP contribution in [-0.2, 0) is 0 Å². The lowest BCUT2D eigenvalue weighted by molar-refractivity contribution is 0.299. The minimum absolute atomic E-state index is 0.0543. The van der Waals surface area contributed by atoms with Gasteiger partial charge in [0, 0.05) is 23.9 Å². The average Bonchev–Trinajstić information content (AvgIpc) is 2.33. The molecule has 0 saturated carbocycles. The van der Waals surface area contributed by atoms with Crippen LogP contribution in [0.2, 0.25) is 0 Å². The fraction of sp³-hybridized carbons (Fsp3) is 0.250. The Hall–Kier alpha value is -0.970. The van der Waals surface area contributed by atoms with Crippen molar-refractivity contribution < 1.29 is 0 Å². The zero-order valence-corrected chi connectivity index (χ0v) is 10.8. The molecule has 2 unspecified atom stereocenters. The first kappa shape index (κ1) is 12.5. The molecule has 0 amide bonds. The molecule has 0 aliphatic carbocycles. The van der Waals surface area contributed by atoms with Gasteiger partial charge in [0.1, 0.15) is 4.71 Å². The summed E-state index contributed by atoms with van der Waals surface area (Å²) >= 11 is 7.92. The second-order valence-electron chi connectivity index (χ2n) is 3.59. The fourth-order valence-corrected chi connectivity index (χ4v) is 2.80. The van der Waals surface area contributed by atoms with Gasteiger partial charge >= 0.3 is 0 Å². The molecule has 1 aliphatic rings. The molecule has 1 aromatic rings. The van der Waals surface area contributed by atoms with Crippen LogP contribution in [0, 0.1) is 0 Å². The molecule has 3 nitrogen and oxygen atoms in total. The van der Waals surface area contributed by atoms with Crippen LogP contribution in [0.5, 0.6) is 0 Å². The largest absolute Gasteiger partial charge is 0.342 e. The number of halogens is 1. The topological polar surface area (TPSA) is 41.6 Å². The summed E-state index contributed by atoms with van der Waals surface area (Å²) in [5.74, 6) is 0. The maximum absolute atomic E-state index is 6.29. The minimum atomic E-state index is -0.322. The Morgan fingerprint density at radius 2 is 2.18 bits per heavy atom. The molecule has 0 saturated heterocycles. The Labute approximate surface area is 110 Å². The molecule has 0 fully saturated rings. The number of hydrogen-bond donors (Lipinski definition) is 1. The van der Waals surface area contributed by atoms with E-state index in [1.165, 1.54) is 0 Å². The molecule has 2 N–H and O–H groups in total. The number of thioether (sulfide) groups is 1. The van der Waals surface area contributed by atoms with Crippen LogP contribution in [0.4, 0.5) is 0 Å². The third-order valence-electron chi connectivity index (χ3n) is 2.30. The number of aliphatic imine (C=N–C) groups is 1. The molecule has 0 bridgehead atoms. The van der Waals surface area contributed by atoms with Crippen molar-refractivity contribution >= 4 is 29.6 Å². The Bertz CT molecular complexity index is 407. The van der Waals surface area contributed by atoms with Crippen molar-refractivity contribution in [2.24, 2.45) is 10.7 Å². The Balaban J connectivity index is 1.87. The first-order valence-corrected chi connectivity index (χ1v) is 6.64. The van der Waals surface area contributed by atoms with Crippen LogP contribution >= 0.6 is 23.4 Å². The number of nitrogens with zero attached hydrogens (tertiary/aromatic N) is 2. The maximum Gasteiger partial charge on any atom is 0.173 e. The molecule has 17 heavy (non-hydrogen) atoms. The number of hydrogen-bond acceptors (Lipinski definition) is 4. The third-order valence-corrected chi connectivity index (χ3v) is 3.66. The lowest BCUT2D eigenvalue weighted by Crippen LogP contribution is -2.40. The summed E-state index contributed by atoms with van der Waals surface area (Å²) < 4.78 is -0.0543. The average molecular weight is 268 g/mol. The normalized spacial score (nSPS) is 20.6. The second kappa shape index (κ2) is 6.10. The van der Waals surface area contributed by atoms with Gasteiger partial charge in [-0.25, -0.2) is 0 Å².